The highest BCUT2D eigenvalue weighted by Gasteiger charge is 2.42. The standard InChI is InChI=1S/C12H13ClN2O4/c13-9-3-2-8(10(6-9)15(18)19)7-12(11(16)17)4-1-5-14-12/h2-3,6,14H,1,4-5,7H2,(H,16,17). The summed E-state index contributed by atoms with van der Waals surface area (Å²) >= 11 is 5.74. The van der Waals surface area contributed by atoms with E-state index in [4.69, 9.17) is 11.6 Å². The first-order valence-corrected chi connectivity index (χ1v) is 6.24. The number of nitro groups is 1. The molecule has 0 radical (unpaired) electrons. The smallest absolute Gasteiger partial charge is 0.324 e. The fraction of sp³-hybridized carbons (Fsp3) is 0.417. The molecule has 2 rings (SSSR count). The van der Waals surface area contributed by atoms with Gasteiger partial charge in [-0.05, 0) is 25.5 Å². The second-order valence-electron chi connectivity index (χ2n) is 4.62. The molecule has 1 aliphatic rings. The third-order valence-electron chi connectivity index (χ3n) is 3.39. The number of nitrogens with one attached hydrogen (secondary N) is 1. The van der Waals surface area contributed by atoms with Crippen molar-refractivity contribution < 1.29 is 14.8 Å². The lowest BCUT2D eigenvalue weighted by molar-refractivity contribution is -0.385. The normalized spacial score (nSPS) is 22.4. The van der Waals surface area contributed by atoms with Gasteiger partial charge < -0.3 is 10.4 Å². The van der Waals surface area contributed by atoms with Crippen molar-refractivity contribution in [2.75, 3.05) is 6.54 Å². The molecule has 1 fully saturated rings. The first kappa shape index (κ1) is 13.8. The molecule has 0 spiro atoms. The van der Waals surface area contributed by atoms with Gasteiger partial charge in [0, 0.05) is 23.1 Å². The molecular weight excluding hydrogens is 272 g/mol. The first-order chi connectivity index (χ1) is 8.94. The molecule has 6 nitrogen and oxygen atoms in total. The molecule has 0 bridgehead atoms. The summed E-state index contributed by atoms with van der Waals surface area (Å²) in [6, 6.07) is 4.31. The Balaban J connectivity index is 2.37. The Labute approximate surface area is 114 Å². The van der Waals surface area contributed by atoms with Crippen molar-refractivity contribution in [2.45, 2.75) is 24.8 Å². The van der Waals surface area contributed by atoms with Crippen LogP contribution < -0.4 is 5.32 Å². The van der Waals surface area contributed by atoms with Crippen LogP contribution in [0.2, 0.25) is 5.02 Å². The lowest BCUT2D eigenvalue weighted by atomic mass is 9.88. The van der Waals surface area contributed by atoms with Gasteiger partial charge in [0.15, 0.2) is 0 Å². The minimum Gasteiger partial charge on any atom is -0.480 e. The van der Waals surface area contributed by atoms with E-state index in [1.807, 2.05) is 0 Å². The first-order valence-electron chi connectivity index (χ1n) is 5.86. The Morgan fingerprint density at radius 3 is 2.84 bits per heavy atom. The van der Waals surface area contributed by atoms with Gasteiger partial charge >= 0.3 is 5.97 Å². The van der Waals surface area contributed by atoms with Crippen LogP contribution in [0.1, 0.15) is 18.4 Å². The Morgan fingerprint density at radius 1 is 1.58 bits per heavy atom. The van der Waals surface area contributed by atoms with E-state index in [0.717, 1.165) is 6.42 Å². The van der Waals surface area contributed by atoms with Crippen molar-refractivity contribution in [1.29, 1.82) is 0 Å². The molecular formula is C12H13ClN2O4. The molecule has 0 aliphatic carbocycles. The van der Waals surface area contributed by atoms with Crippen molar-refractivity contribution in [3.8, 4) is 0 Å². The van der Waals surface area contributed by atoms with E-state index >= 15 is 0 Å². The fourth-order valence-electron chi connectivity index (χ4n) is 2.40. The van der Waals surface area contributed by atoms with Crippen LogP contribution in [0.25, 0.3) is 0 Å². The van der Waals surface area contributed by atoms with Crippen LogP contribution in [0.3, 0.4) is 0 Å². The molecule has 1 aromatic carbocycles. The quantitative estimate of drug-likeness (QED) is 0.651. The molecule has 0 amide bonds. The summed E-state index contributed by atoms with van der Waals surface area (Å²) in [5.41, 5.74) is -0.869. The van der Waals surface area contributed by atoms with Crippen LogP contribution in [0.15, 0.2) is 18.2 Å². The molecule has 1 saturated heterocycles. The van der Waals surface area contributed by atoms with Gasteiger partial charge in [-0.2, -0.15) is 0 Å². The SMILES string of the molecule is O=C(O)C1(Cc2ccc(Cl)cc2[N+](=O)[O-])CCCN1. The van der Waals surface area contributed by atoms with Crippen LogP contribution >= 0.6 is 11.6 Å². The second-order valence-corrected chi connectivity index (χ2v) is 5.06. The molecule has 1 unspecified atom stereocenters. The number of carboxylic acids is 1. The Morgan fingerprint density at radius 2 is 2.32 bits per heavy atom. The van der Waals surface area contributed by atoms with Crippen LogP contribution in [0.5, 0.6) is 0 Å². The number of benzene rings is 1. The summed E-state index contributed by atoms with van der Waals surface area (Å²) in [6.07, 6.45) is 1.28. The van der Waals surface area contributed by atoms with Gasteiger partial charge in [0.25, 0.3) is 5.69 Å². The second kappa shape index (κ2) is 5.14. The predicted octanol–water partition coefficient (Wildman–Crippen LogP) is 2.00. The van der Waals surface area contributed by atoms with Gasteiger partial charge in [-0.1, -0.05) is 17.7 Å². The highest BCUT2D eigenvalue weighted by molar-refractivity contribution is 6.30. The predicted molar refractivity (Wildman–Crippen MR) is 69.4 cm³/mol. The lowest BCUT2D eigenvalue weighted by Gasteiger charge is -2.24. The van der Waals surface area contributed by atoms with Gasteiger partial charge in [0.1, 0.15) is 5.54 Å². The van der Waals surface area contributed by atoms with Gasteiger partial charge in [0.05, 0.1) is 4.92 Å². The number of carboxylic acid groups (broad SMARTS) is 1. The topological polar surface area (TPSA) is 92.5 Å². The van der Waals surface area contributed by atoms with E-state index in [-0.39, 0.29) is 17.1 Å². The largest absolute Gasteiger partial charge is 0.480 e. The molecule has 1 aliphatic heterocycles. The summed E-state index contributed by atoms with van der Waals surface area (Å²) in [4.78, 5) is 21.9. The molecule has 0 aromatic heterocycles. The third kappa shape index (κ3) is 2.69. The van der Waals surface area contributed by atoms with Gasteiger partial charge in [-0.15, -0.1) is 0 Å². The van der Waals surface area contributed by atoms with E-state index in [0.29, 0.717) is 18.5 Å². The number of hydrogen-bond donors (Lipinski definition) is 2. The minimum absolute atomic E-state index is 0.0792. The molecule has 1 heterocycles. The molecule has 7 heteroatoms. The molecule has 1 aromatic rings. The number of rotatable bonds is 4. The number of carbonyl (C=O) groups is 1. The fourth-order valence-corrected chi connectivity index (χ4v) is 2.56. The molecule has 0 saturated carbocycles. The van der Waals surface area contributed by atoms with Crippen LogP contribution in [0.4, 0.5) is 5.69 Å². The molecule has 1 atom stereocenters. The lowest BCUT2D eigenvalue weighted by Crippen LogP contribution is -2.49. The zero-order chi connectivity index (χ0) is 14.0. The van der Waals surface area contributed by atoms with E-state index < -0.39 is 16.4 Å². The van der Waals surface area contributed by atoms with E-state index in [1.165, 1.54) is 18.2 Å². The monoisotopic (exact) mass is 284 g/mol. The van der Waals surface area contributed by atoms with Crippen molar-refractivity contribution in [2.24, 2.45) is 0 Å². The number of aliphatic carboxylic acids is 1. The summed E-state index contributed by atoms with van der Waals surface area (Å²) in [5, 5.41) is 23.6. The molecule has 102 valence electrons. The summed E-state index contributed by atoms with van der Waals surface area (Å²) < 4.78 is 0. The number of hydrogen-bond acceptors (Lipinski definition) is 4. The maximum Gasteiger partial charge on any atom is 0.324 e. The van der Waals surface area contributed by atoms with Crippen molar-refractivity contribution in [3.63, 3.8) is 0 Å². The Kier molecular flexibility index (Phi) is 3.73. The van der Waals surface area contributed by atoms with E-state index in [9.17, 15) is 20.0 Å². The maximum atomic E-state index is 11.4. The zero-order valence-corrected chi connectivity index (χ0v) is 10.8. The van der Waals surface area contributed by atoms with Crippen LogP contribution in [-0.2, 0) is 11.2 Å². The average Bonchev–Trinajstić information content (AvgIpc) is 2.81. The highest BCUT2D eigenvalue weighted by Crippen LogP contribution is 2.30. The molecule has 2 N–H and O–H groups in total. The summed E-state index contributed by atoms with van der Waals surface area (Å²) in [7, 11) is 0. The Hall–Kier alpha value is -1.66. The van der Waals surface area contributed by atoms with Gasteiger partial charge in [0.2, 0.25) is 0 Å². The van der Waals surface area contributed by atoms with E-state index in [2.05, 4.69) is 5.32 Å². The highest BCUT2D eigenvalue weighted by atomic mass is 35.5. The van der Waals surface area contributed by atoms with Crippen molar-refractivity contribution in [1.82, 2.24) is 5.32 Å². The summed E-state index contributed by atoms with van der Waals surface area (Å²) in [5.74, 6) is -0.978. The van der Waals surface area contributed by atoms with Crippen molar-refractivity contribution >= 4 is 23.3 Å². The zero-order valence-electron chi connectivity index (χ0n) is 10.1. The van der Waals surface area contributed by atoms with Crippen LogP contribution in [0, 0.1) is 10.1 Å². The number of nitrogens with zero attached hydrogens (tertiary/aromatic N) is 1. The van der Waals surface area contributed by atoms with Gasteiger partial charge in [-0.3, -0.25) is 14.9 Å². The minimum atomic E-state index is -1.11. The maximum absolute atomic E-state index is 11.4. The van der Waals surface area contributed by atoms with Gasteiger partial charge in [-0.25, -0.2) is 0 Å². The molecule has 19 heavy (non-hydrogen) atoms. The van der Waals surface area contributed by atoms with E-state index in [1.54, 1.807) is 0 Å². The third-order valence-corrected chi connectivity index (χ3v) is 3.62. The van der Waals surface area contributed by atoms with Crippen LogP contribution in [-0.4, -0.2) is 28.1 Å². The Bertz CT molecular complexity index is 526. The number of nitro benzene ring substituents is 1. The number of halogens is 1. The summed E-state index contributed by atoms with van der Waals surface area (Å²) in [6.45, 7) is 0.605. The van der Waals surface area contributed by atoms with Crippen molar-refractivity contribution in [3.05, 3.63) is 38.9 Å². The average molecular weight is 285 g/mol.